The van der Waals surface area contributed by atoms with Crippen molar-refractivity contribution in [1.29, 1.82) is 0 Å². The number of nitrogens with one attached hydrogen (secondary N) is 1. The van der Waals surface area contributed by atoms with Crippen LogP contribution in [-0.2, 0) is 10.0 Å². The first-order valence-corrected chi connectivity index (χ1v) is 8.76. The average molecular weight is 409 g/mol. The second kappa shape index (κ2) is 7.35. The summed E-state index contributed by atoms with van der Waals surface area (Å²) in [6.07, 6.45) is 1.12. The molecule has 0 bridgehead atoms. The quantitative estimate of drug-likeness (QED) is 0.351. The van der Waals surface area contributed by atoms with E-state index in [0.29, 0.717) is 5.56 Å². The average Bonchev–Trinajstić information content (AvgIpc) is 2.51. The molecule has 7 nitrogen and oxygen atoms in total. The molecule has 0 fully saturated rings. The van der Waals surface area contributed by atoms with Crippen LogP contribution in [0.1, 0.15) is 5.56 Å². The van der Waals surface area contributed by atoms with Crippen molar-refractivity contribution in [2.24, 2.45) is 5.10 Å². The fourth-order valence-electron chi connectivity index (χ4n) is 1.65. The van der Waals surface area contributed by atoms with Gasteiger partial charge in [0.25, 0.3) is 15.7 Å². The molecule has 0 heterocycles. The number of halogens is 3. The second-order valence-corrected chi connectivity index (χ2v) is 7.25. The largest absolute Gasteiger partial charge is 0.278 e. The lowest BCUT2D eigenvalue weighted by Crippen LogP contribution is -2.18. The van der Waals surface area contributed by atoms with E-state index in [4.69, 9.17) is 34.8 Å². The van der Waals surface area contributed by atoms with E-state index in [1.165, 1.54) is 30.3 Å². The zero-order valence-corrected chi connectivity index (χ0v) is 14.7. The third-order valence-electron chi connectivity index (χ3n) is 2.73. The molecule has 0 radical (unpaired) electrons. The lowest BCUT2D eigenvalue weighted by molar-refractivity contribution is -0.384. The number of hydrogen-bond acceptors (Lipinski definition) is 5. The summed E-state index contributed by atoms with van der Waals surface area (Å²) in [4.78, 5) is 11.8. The van der Waals surface area contributed by atoms with Crippen molar-refractivity contribution in [1.82, 2.24) is 4.83 Å². The van der Waals surface area contributed by atoms with Crippen molar-refractivity contribution in [3.05, 3.63) is 67.1 Å². The van der Waals surface area contributed by atoms with Crippen LogP contribution in [0.25, 0.3) is 0 Å². The Morgan fingerprint density at radius 3 is 2.42 bits per heavy atom. The summed E-state index contributed by atoms with van der Waals surface area (Å²) in [5.74, 6) is 0. The third-order valence-corrected chi connectivity index (χ3v) is 5.14. The van der Waals surface area contributed by atoms with Crippen molar-refractivity contribution in [3.63, 3.8) is 0 Å². The molecule has 126 valence electrons. The molecule has 0 aliphatic carbocycles. The van der Waals surface area contributed by atoms with Crippen LogP contribution in [0.4, 0.5) is 5.69 Å². The topological polar surface area (TPSA) is 102 Å². The number of sulfonamides is 1. The van der Waals surface area contributed by atoms with Gasteiger partial charge < -0.3 is 0 Å². The van der Waals surface area contributed by atoms with E-state index in [-0.39, 0.29) is 25.7 Å². The Labute approximate surface area is 152 Å². The molecule has 0 aliphatic rings. The molecule has 2 rings (SSSR count). The molecule has 2 aromatic rings. The van der Waals surface area contributed by atoms with Gasteiger partial charge in [0.1, 0.15) is 4.90 Å². The minimum absolute atomic E-state index is 0.0177. The summed E-state index contributed by atoms with van der Waals surface area (Å²) in [6, 6.07) is 7.81. The highest BCUT2D eigenvalue weighted by molar-refractivity contribution is 7.89. The predicted octanol–water partition coefficient (Wildman–Crippen LogP) is 3.87. The number of hydrazone groups is 1. The Balaban J connectivity index is 2.23. The molecule has 0 unspecified atom stereocenters. The summed E-state index contributed by atoms with van der Waals surface area (Å²) in [5.41, 5.74) is 0.196. The molecule has 0 atom stereocenters. The lowest BCUT2D eigenvalue weighted by atomic mass is 10.2. The highest BCUT2D eigenvalue weighted by Crippen LogP contribution is 2.31. The van der Waals surface area contributed by atoms with Crippen molar-refractivity contribution in [3.8, 4) is 0 Å². The highest BCUT2D eigenvalue weighted by Gasteiger charge is 2.19. The van der Waals surface area contributed by atoms with E-state index in [0.717, 1.165) is 12.3 Å². The van der Waals surface area contributed by atoms with Crippen molar-refractivity contribution in [2.75, 3.05) is 0 Å². The number of benzene rings is 2. The van der Waals surface area contributed by atoms with Gasteiger partial charge >= 0.3 is 0 Å². The van der Waals surface area contributed by atoms with Gasteiger partial charge in [-0.1, -0.05) is 46.9 Å². The van der Waals surface area contributed by atoms with Crippen LogP contribution in [0, 0.1) is 10.1 Å². The Morgan fingerprint density at radius 2 is 1.75 bits per heavy atom. The Morgan fingerprint density at radius 1 is 1.08 bits per heavy atom. The molecule has 0 spiro atoms. The summed E-state index contributed by atoms with van der Waals surface area (Å²) >= 11 is 17.4. The number of nitrogens with zero attached hydrogens (tertiary/aromatic N) is 2. The first-order chi connectivity index (χ1) is 11.2. The maximum Gasteiger partial charge on any atom is 0.278 e. The van der Waals surface area contributed by atoms with Crippen LogP contribution in [0.3, 0.4) is 0 Å². The minimum Gasteiger partial charge on any atom is -0.258 e. The van der Waals surface area contributed by atoms with Crippen LogP contribution in [0.5, 0.6) is 0 Å². The number of non-ortho nitro benzene ring substituents is 1. The summed E-state index contributed by atoms with van der Waals surface area (Å²) in [7, 11) is -4.08. The fourth-order valence-corrected chi connectivity index (χ4v) is 3.44. The highest BCUT2D eigenvalue weighted by atomic mass is 35.5. The molecule has 0 aromatic heterocycles. The van der Waals surface area contributed by atoms with Gasteiger partial charge in [-0.3, -0.25) is 10.1 Å². The number of nitro benzene ring substituents is 1. The Kier molecular flexibility index (Phi) is 5.66. The van der Waals surface area contributed by atoms with Gasteiger partial charge in [0.05, 0.1) is 26.2 Å². The van der Waals surface area contributed by atoms with Crippen LogP contribution >= 0.6 is 34.8 Å². The molecule has 0 saturated heterocycles. The van der Waals surface area contributed by atoms with E-state index in [2.05, 4.69) is 5.10 Å². The van der Waals surface area contributed by atoms with E-state index in [9.17, 15) is 18.5 Å². The van der Waals surface area contributed by atoms with Gasteiger partial charge in [0.15, 0.2) is 0 Å². The summed E-state index contributed by atoms with van der Waals surface area (Å²) in [6.45, 7) is 0. The molecule has 0 amide bonds. The second-order valence-electron chi connectivity index (χ2n) is 4.40. The van der Waals surface area contributed by atoms with Crippen LogP contribution < -0.4 is 4.83 Å². The molecule has 11 heteroatoms. The van der Waals surface area contributed by atoms with E-state index >= 15 is 0 Å². The van der Waals surface area contributed by atoms with Crippen LogP contribution in [0.2, 0.25) is 15.1 Å². The lowest BCUT2D eigenvalue weighted by Gasteiger charge is -2.07. The van der Waals surface area contributed by atoms with Crippen LogP contribution in [0.15, 0.2) is 46.4 Å². The van der Waals surface area contributed by atoms with Gasteiger partial charge in [-0.2, -0.15) is 13.5 Å². The maximum absolute atomic E-state index is 12.2. The van der Waals surface area contributed by atoms with Gasteiger partial charge in [-0.05, 0) is 12.1 Å². The van der Waals surface area contributed by atoms with Crippen molar-refractivity contribution >= 4 is 56.7 Å². The molecule has 0 saturated carbocycles. The summed E-state index contributed by atoms with van der Waals surface area (Å²) < 4.78 is 24.3. The zero-order valence-electron chi connectivity index (χ0n) is 11.6. The van der Waals surface area contributed by atoms with E-state index in [1.807, 2.05) is 4.83 Å². The molecular weight excluding hydrogens is 401 g/mol. The first-order valence-electron chi connectivity index (χ1n) is 6.14. The first kappa shape index (κ1) is 18.5. The van der Waals surface area contributed by atoms with Gasteiger partial charge in [-0.25, -0.2) is 4.83 Å². The zero-order chi connectivity index (χ0) is 17.9. The smallest absolute Gasteiger partial charge is 0.258 e. The molecule has 1 N–H and O–H groups in total. The van der Waals surface area contributed by atoms with Crippen LogP contribution in [-0.4, -0.2) is 19.6 Å². The molecular formula is C13H8Cl3N3O4S. The normalized spacial score (nSPS) is 11.6. The van der Waals surface area contributed by atoms with E-state index in [1.54, 1.807) is 0 Å². The summed E-state index contributed by atoms with van der Waals surface area (Å²) in [5, 5.41) is 14.2. The van der Waals surface area contributed by atoms with Gasteiger partial charge in [-0.15, -0.1) is 0 Å². The Bertz CT molecular complexity index is 932. The third kappa shape index (κ3) is 4.35. The van der Waals surface area contributed by atoms with Crippen molar-refractivity contribution < 1.29 is 13.3 Å². The number of rotatable bonds is 5. The fraction of sp³-hybridized carbons (Fsp3) is 0. The van der Waals surface area contributed by atoms with Gasteiger partial charge in [0.2, 0.25) is 0 Å². The minimum atomic E-state index is -4.08. The number of nitro groups is 1. The van der Waals surface area contributed by atoms with Gasteiger partial charge in [0, 0.05) is 17.7 Å². The SMILES string of the molecule is O=[N+]([O-])c1cccc(C=NNS(=O)(=O)c2cc(Cl)c(Cl)cc2Cl)c1. The standard InChI is InChI=1S/C13H8Cl3N3O4S/c14-10-5-12(16)13(6-11(10)15)24(22,23)18-17-7-8-2-1-3-9(4-8)19(20)21/h1-7,18H. The molecule has 0 aliphatic heterocycles. The van der Waals surface area contributed by atoms with E-state index < -0.39 is 14.9 Å². The molecule has 24 heavy (non-hydrogen) atoms. The Hall–Kier alpha value is -1.87. The van der Waals surface area contributed by atoms with Crippen molar-refractivity contribution in [2.45, 2.75) is 4.90 Å². The maximum atomic E-state index is 12.2. The number of hydrogen-bond donors (Lipinski definition) is 1. The monoisotopic (exact) mass is 407 g/mol. The molecule has 2 aromatic carbocycles. The predicted molar refractivity (Wildman–Crippen MR) is 92.5 cm³/mol.